The Kier molecular flexibility index (Phi) is 4.64. The Morgan fingerprint density at radius 1 is 1.04 bits per heavy atom. The molecule has 0 radical (unpaired) electrons. The third kappa shape index (κ3) is 3.12. The topological polar surface area (TPSA) is 29.9 Å². The first-order chi connectivity index (χ1) is 11.7. The number of nitrogens with zero attached hydrogens (tertiary/aromatic N) is 2. The van der Waals surface area contributed by atoms with E-state index in [1.807, 2.05) is 12.1 Å². The molecule has 0 saturated heterocycles. The average molecular weight is 344 g/mol. The van der Waals surface area contributed by atoms with Crippen molar-refractivity contribution in [2.75, 3.05) is 13.1 Å². The third-order valence-electron chi connectivity index (χ3n) is 5.63. The fourth-order valence-corrected chi connectivity index (χ4v) is 4.32. The maximum absolute atomic E-state index is 6.11. The van der Waals surface area contributed by atoms with Gasteiger partial charge < -0.3 is 5.32 Å². The summed E-state index contributed by atoms with van der Waals surface area (Å²) in [4.78, 5) is 0. The lowest BCUT2D eigenvalue weighted by molar-refractivity contribution is 0.275. The van der Waals surface area contributed by atoms with Gasteiger partial charge in [0.25, 0.3) is 0 Å². The summed E-state index contributed by atoms with van der Waals surface area (Å²) in [5.74, 6) is 0.859. The standard InChI is InChI=1S/C20H26ClN3/c1-14-2-8-17(9-3-14)24-20(15-4-6-16(21)7-5-15)18-10-12-22-13-11-19(18)23-24/h4-7,14,17,22H,2-3,8-13H2,1H3. The van der Waals surface area contributed by atoms with Gasteiger partial charge in [0, 0.05) is 29.1 Å². The normalized spacial score (nSPS) is 24.4. The molecule has 24 heavy (non-hydrogen) atoms. The fraction of sp³-hybridized carbons (Fsp3) is 0.550. The van der Waals surface area contributed by atoms with Gasteiger partial charge in [-0.15, -0.1) is 0 Å². The number of rotatable bonds is 2. The Labute approximate surface area is 149 Å². The first-order valence-corrected chi connectivity index (χ1v) is 9.67. The van der Waals surface area contributed by atoms with Gasteiger partial charge in [-0.05, 0) is 56.7 Å². The Morgan fingerprint density at radius 3 is 2.50 bits per heavy atom. The van der Waals surface area contributed by atoms with Crippen molar-refractivity contribution in [1.82, 2.24) is 15.1 Å². The lowest BCUT2D eigenvalue weighted by atomic mass is 9.87. The molecule has 1 aliphatic heterocycles. The van der Waals surface area contributed by atoms with Crippen molar-refractivity contribution < 1.29 is 0 Å². The van der Waals surface area contributed by atoms with E-state index in [0.29, 0.717) is 6.04 Å². The van der Waals surface area contributed by atoms with Crippen molar-refractivity contribution >= 4 is 11.6 Å². The average Bonchev–Trinajstić information content (AvgIpc) is 2.79. The van der Waals surface area contributed by atoms with E-state index in [-0.39, 0.29) is 0 Å². The zero-order chi connectivity index (χ0) is 16.5. The maximum atomic E-state index is 6.11. The second-order valence-electron chi connectivity index (χ2n) is 7.39. The largest absolute Gasteiger partial charge is 0.316 e. The highest BCUT2D eigenvalue weighted by Gasteiger charge is 2.27. The van der Waals surface area contributed by atoms with Crippen molar-refractivity contribution in [3.8, 4) is 11.3 Å². The van der Waals surface area contributed by atoms with E-state index < -0.39 is 0 Å². The van der Waals surface area contributed by atoms with E-state index in [1.165, 1.54) is 48.2 Å². The minimum Gasteiger partial charge on any atom is -0.316 e. The van der Waals surface area contributed by atoms with Crippen LogP contribution in [0.5, 0.6) is 0 Å². The van der Waals surface area contributed by atoms with Gasteiger partial charge in [0.1, 0.15) is 0 Å². The van der Waals surface area contributed by atoms with Crippen LogP contribution in [0.15, 0.2) is 24.3 Å². The van der Waals surface area contributed by atoms with E-state index in [9.17, 15) is 0 Å². The number of hydrogen-bond acceptors (Lipinski definition) is 2. The first kappa shape index (κ1) is 16.2. The van der Waals surface area contributed by atoms with Crippen LogP contribution < -0.4 is 5.32 Å². The van der Waals surface area contributed by atoms with Crippen LogP contribution >= 0.6 is 11.6 Å². The van der Waals surface area contributed by atoms with E-state index in [4.69, 9.17) is 16.7 Å². The second-order valence-corrected chi connectivity index (χ2v) is 7.83. The molecule has 1 saturated carbocycles. The maximum Gasteiger partial charge on any atom is 0.0720 e. The lowest BCUT2D eigenvalue weighted by Crippen LogP contribution is -2.20. The Hall–Kier alpha value is -1.32. The molecule has 1 N–H and O–H groups in total. The van der Waals surface area contributed by atoms with Crippen LogP contribution in [0.3, 0.4) is 0 Å². The number of hydrogen-bond donors (Lipinski definition) is 1. The number of nitrogens with one attached hydrogen (secondary N) is 1. The van der Waals surface area contributed by atoms with Crippen molar-refractivity contribution in [1.29, 1.82) is 0 Å². The molecule has 0 atom stereocenters. The van der Waals surface area contributed by atoms with Gasteiger partial charge in [0.2, 0.25) is 0 Å². The predicted octanol–water partition coefficient (Wildman–Crippen LogP) is 4.64. The third-order valence-corrected chi connectivity index (χ3v) is 5.88. The molecule has 4 heteroatoms. The molecular formula is C20H26ClN3. The number of fused-ring (bicyclic) bond motifs is 1. The van der Waals surface area contributed by atoms with Crippen LogP contribution in [0.25, 0.3) is 11.3 Å². The van der Waals surface area contributed by atoms with Crippen LogP contribution in [-0.4, -0.2) is 22.9 Å². The summed E-state index contributed by atoms with van der Waals surface area (Å²) in [7, 11) is 0. The highest BCUT2D eigenvalue weighted by Crippen LogP contribution is 2.37. The molecule has 3 nitrogen and oxygen atoms in total. The fourth-order valence-electron chi connectivity index (χ4n) is 4.19. The number of aromatic nitrogens is 2. The minimum absolute atomic E-state index is 0.548. The van der Waals surface area contributed by atoms with Gasteiger partial charge in [-0.2, -0.15) is 5.10 Å². The van der Waals surface area contributed by atoms with Crippen LogP contribution in [0.4, 0.5) is 0 Å². The van der Waals surface area contributed by atoms with Crippen molar-refractivity contribution in [3.63, 3.8) is 0 Å². The zero-order valence-electron chi connectivity index (χ0n) is 14.4. The quantitative estimate of drug-likeness (QED) is 0.860. The van der Waals surface area contributed by atoms with Gasteiger partial charge in [-0.3, -0.25) is 4.68 Å². The molecule has 4 rings (SSSR count). The molecule has 0 amide bonds. The Balaban J connectivity index is 1.79. The SMILES string of the molecule is CC1CCC(n2nc3c(c2-c2ccc(Cl)cc2)CCNCC3)CC1. The second kappa shape index (κ2) is 6.89. The molecule has 1 fully saturated rings. The smallest absolute Gasteiger partial charge is 0.0720 e. The molecule has 2 heterocycles. The van der Waals surface area contributed by atoms with E-state index in [1.54, 1.807) is 0 Å². The van der Waals surface area contributed by atoms with Crippen LogP contribution in [0.2, 0.25) is 5.02 Å². The molecule has 128 valence electrons. The zero-order valence-corrected chi connectivity index (χ0v) is 15.1. The van der Waals surface area contributed by atoms with Crippen molar-refractivity contribution in [3.05, 3.63) is 40.5 Å². The summed E-state index contributed by atoms with van der Waals surface area (Å²) in [5.41, 5.74) is 5.34. The highest BCUT2D eigenvalue weighted by molar-refractivity contribution is 6.30. The molecular weight excluding hydrogens is 318 g/mol. The van der Waals surface area contributed by atoms with Gasteiger partial charge in [0.15, 0.2) is 0 Å². The highest BCUT2D eigenvalue weighted by atomic mass is 35.5. The van der Waals surface area contributed by atoms with Gasteiger partial charge >= 0.3 is 0 Å². The summed E-state index contributed by atoms with van der Waals surface area (Å²) >= 11 is 6.11. The molecule has 1 aromatic carbocycles. The Morgan fingerprint density at radius 2 is 1.75 bits per heavy atom. The van der Waals surface area contributed by atoms with E-state index in [0.717, 1.165) is 36.9 Å². The van der Waals surface area contributed by atoms with Crippen molar-refractivity contribution in [2.24, 2.45) is 5.92 Å². The van der Waals surface area contributed by atoms with Gasteiger partial charge in [0.05, 0.1) is 17.4 Å². The van der Waals surface area contributed by atoms with Gasteiger partial charge in [-0.25, -0.2) is 0 Å². The first-order valence-electron chi connectivity index (χ1n) is 9.29. The molecule has 0 bridgehead atoms. The number of halogens is 1. The van der Waals surface area contributed by atoms with Crippen LogP contribution in [0.1, 0.15) is 49.9 Å². The van der Waals surface area contributed by atoms with Crippen LogP contribution in [0, 0.1) is 5.92 Å². The monoisotopic (exact) mass is 343 g/mol. The molecule has 1 aliphatic carbocycles. The molecule has 0 unspecified atom stereocenters. The summed E-state index contributed by atoms with van der Waals surface area (Å²) in [6.07, 6.45) is 7.23. The summed E-state index contributed by atoms with van der Waals surface area (Å²) in [5, 5.41) is 9.40. The predicted molar refractivity (Wildman–Crippen MR) is 99.6 cm³/mol. The summed E-state index contributed by atoms with van der Waals surface area (Å²) in [6.45, 7) is 4.45. The van der Waals surface area contributed by atoms with Gasteiger partial charge in [-0.1, -0.05) is 30.7 Å². The van der Waals surface area contributed by atoms with E-state index in [2.05, 4.69) is 29.1 Å². The molecule has 1 aromatic heterocycles. The number of benzene rings is 1. The minimum atomic E-state index is 0.548. The van der Waals surface area contributed by atoms with Crippen molar-refractivity contribution in [2.45, 2.75) is 51.5 Å². The Bertz CT molecular complexity index is 696. The van der Waals surface area contributed by atoms with E-state index >= 15 is 0 Å². The van der Waals surface area contributed by atoms with Crippen LogP contribution in [-0.2, 0) is 12.8 Å². The summed E-state index contributed by atoms with van der Waals surface area (Å²) in [6, 6.07) is 8.85. The molecule has 2 aliphatic rings. The molecule has 2 aromatic rings. The molecule has 0 spiro atoms. The summed E-state index contributed by atoms with van der Waals surface area (Å²) < 4.78 is 2.37. The lowest BCUT2D eigenvalue weighted by Gasteiger charge is -2.28.